The highest BCUT2D eigenvalue weighted by Crippen LogP contribution is 2.43. The highest BCUT2D eigenvalue weighted by molar-refractivity contribution is 7.53. The molecule has 1 unspecified atom stereocenters. The SMILES string of the molecule is O=P(O)(CCCCc1ccc2ccccc2c1)Oc1ccccc1. The van der Waals surface area contributed by atoms with Crippen LogP contribution in [-0.2, 0) is 11.0 Å². The third-order valence-corrected chi connectivity index (χ3v) is 5.34. The van der Waals surface area contributed by atoms with Crippen molar-refractivity contribution in [3.05, 3.63) is 78.4 Å². The largest absolute Gasteiger partial charge is 0.424 e. The monoisotopic (exact) mass is 340 g/mol. The maximum absolute atomic E-state index is 12.1. The van der Waals surface area contributed by atoms with E-state index in [0.717, 1.165) is 12.8 Å². The van der Waals surface area contributed by atoms with Crippen molar-refractivity contribution in [1.29, 1.82) is 0 Å². The third kappa shape index (κ3) is 4.70. The average Bonchev–Trinajstić information content (AvgIpc) is 2.59. The molecule has 3 rings (SSSR count). The van der Waals surface area contributed by atoms with Gasteiger partial charge in [-0.3, -0.25) is 0 Å². The molecular formula is C20H21O3P. The predicted octanol–water partition coefficient (Wildman–Crippen LogP) is 5.43. The number of unbranched alkanes of at least 4 members (excludes halogenated alkanes) is 1. The van der Waals surface area contributed by atoms with Gasteiger partial charge in [-0.05, 0) is 47.7 Å². The first-order chi connectivity index (χ1) is 11.6. The topological polar surface area (TPSA) is 46.5 Å². The van der Waals surface area contributed by atoms with Crippen molar-refractivity contribution in [1.82, 2.24) is 0 Å². The fourth-order valence-electron chi connectivity index (χ4n) is 2.73. The van der Waals surface area contributed by atoms with Gasteiger partial charge in [-0.1, -0.05) is 60.7 Å². The van der Waals surface area contributed by atoms with Crippen molar-refractivity contribution in [2.24, 2.45) is 0 Å². The van der Waals surface area contributed by atoms with Crippen molar-refractivity contribution in [3.63, 3.8) is 0 Å². The fourth-order valence-corrected chi connectivity index (χ4v) is 3.89. The molecule has 3 nitrogen and oxygen atoms in total. The molecule has 0 amide bonds. The van der Waals surface area contributed by atoms with Gasteiger partial charge in [0.1, 0.15) is 5.75 Å². The van der Waals surface area contributed by atoms with Crippen LogP contribution in [-0.4, -0.2) is 11.1 Å². The summed E-state index contributed by atoms with van der Waals surface area (Å²) in [5.41, 5.74) is 1.26. The molecule has 3 aromatic carbocycles. The van der Waals surface area contributed by atoms with Crippen LogP contribution in [0.1, 0.15) is 18.4 Å². The van der Waals surface area contributed by atoms with Gasteiger partial charge in [0, 0.05) is 0 Å². The molecule has 0 aliphatic rings. The minimum Gasteiger partial charge on any atom is -0.424 e. The second kappa shape index (κ2) is 7.65. The fraction of sp³-hybridized carbons (Fsp3) is 0.200. The lowest BCUT2D eigenvalue weighted by atomic mass is 10.0. The van der Waals surface area contributed by atoms with E-state index in [2.05, 4.69) is 30.3 Å². The Labute approximate surface area is 142 Å². The molecule has 24 heavy (non-hydrogen) atoms. The summed E-state index contributed by atoms with van der Waals surface area (Å²) in [6, 6.07) is 23.5. The van der Waals surface area contributed by atoms with Crippen LogP contribution in [0.5, 0.6) is 5.75 Å². The third-order valence-electron chi connectivity index (χ3n) is 3.96. The van der Waals surface area contributed by atoms with Crippen LogP contribution in [0.2, 0.25) is 0 Å². The van der Waals surface area contributed by atoms with E-state index in [-0.39, 0.29) is 6.16 Å². The smallest absolute Gasteiger partial charge is 0.376 e. The van der Waals surface area contributed by atoms with Crippen molar-refractivity contribution >= 4 is 18.4 Å². The standard InChI is InChI=1S/C20H21O3P/c21-24(22,23-20-11-2-1-3-12-20)15-7-6-8-17-13-14-18-9-4-5-10-19(18)16-17/h1-5,9-14,16H,6-8,15H2,(H,21,22). The van der Waals surface area contributed by atoms with Crippen molar-refractivity contribution in [3.8, 4) is 5.75 Å². The zero-order valence-electron chi connectivity index (χ0n) is 13.5. The molecule has 0 aromatic heterocycles. The second-order valence-corrected chi connectivity index (χ2v) is 7.81. The van der Waals surface area contributed by atoms with Gasteiger partial charge in [0.25, 0.3) is 0 Å². The van der Waals surface area contributed by atoms with E-state index in [0.29, 0.717) is 12.2 Å². The molecule has 0 fully saturated rings. The van der Waals surface area contributed by atoms with Crippen molar-refractivity contribution in [2.75, 3.05) is 6.16 Å². The van der Waals surface area contributed by atoms with Gasteiger partial charge >= 0.3 is 7.60 Å². The molecule has 0 saturated carbocycles. The van der Waals surface area contributed by atoms with Crippen LogP contribution >= 0.6 is 7.60 Å². The van der Waals surface area contributed by atoms with Crippen LogP contribution in [0.3, 0.4) is 0 Å². The van der Waals surface area contributed by atoms with Gasteiger partial charge in [-0.2, -0.15) is 0 Å². The Kier molecular flexibility index (Phi) is 5.34. The zero-order chi connectivity index (χ0) is 16.8. The summed E-state index contributed by atoms with van der Waals surface area (Å²) in [5, 5.41) is 2.47. The maximum atomic E-state index is 12.1. The first kappa shape index (κ1) is 16.8. The number of rotatable bonds is 7. The lowest BCUT2D eigenvalue weighted by Gasteiger charge is -2.13. The molecule has 0 aliphatic heterocycles. The number of aryl methyl sites for hydroxylation is 1. The van der Waals surface area contributed by atoms with E-state index in [1.807, 2.05) is 18.2 Å². The van der Waals surface area contributed by atoms with E-state index in [1.54, 1.807) is 24.3 Å². The molecule has 1 N–H and O–H groups in total. The van der Waals surface area contributed by atoms with Gasteiger partial charge in [0.15, 0.2) is 0 Å². The quantitative estimate of drug-likeness (QED) is 0.461. The molecule has 4 heteroatoms. The lowest BCUT2D eigenvalue weighted by molar-refractivity contribution is 0.377. The Balaban J connectivity index is 1.49. The first-order valence-electron chi connectivity index (χ1n) is 8.17. The van der Waals surface area contributed by atoms with Crippen LogP contribution in [0.4, 0.5) is 0 Å². The molecule has 0 aliphatic carbocycles. The molecule has 0 radical (unpaired) electrons. The molecule has 124 valence electrons. The molecule has 0 bridgehead atoms. The predicted molar refractivity (Wildman–Crippen MR) is 98.6 cm³/mol. The van der Waals surface area contributed by atoms with Gasteiger partial charge in [-0.15, -0.1) is 0 Å². The highest BCUT2D eigenvalue weighted by atomic mass is 31.2. The summed E-state index contributed by atoms with van der Waals surface area (Å²) >= 11 is 0. The van der Waals surface area contributed by atoms with Crippen LogP contribution in [0, 0.1) is 0 Å². The van der Waals surface area contributed by atoms with E-state index in [9.17, 15) is 9.46 Å². The summed E-state index contributed by atoms with van der Waals surface area (Å²) < 4.78 is 17.3. The average molecular weight is 340 g/mol. The van der Waals surface area contributed by atoms with Gasteiger partial charge in [-0.25, -0.2) is 4.57 Å². The van der Waals surface area contributed by atoms with Gasteiger partial charge in [0.2, 0.25) is 0 Å². The highest BCUT2D eigenvalue weighted by Gasteiger charge is 2.20. The summed E-state index contributed by atoms with van der Waals surface area (Å²) in [6.07, 6.45) is 2.60. The minimum absolute atomic E-state index is 0.176. The summed E-state index contributed by atoms with van der Waals surface area (Å²) in [6.45, 7) is 0. The van der Waals surface area contributed by atoms with Crippen LogP contribution in [0.25, 0.3) is 10.8 Å². The van der Waals surface area contributed by atoms with Crippen LogP contribution in [0.15, 0.2) is 72.8 Å². The molecule has 0 heterocycles. The number of fused-ring (bicyclic) bond motifs is 1. The lowest BCUT2D eigenvalue weighted by Crippen LogP contribution is -1.98. The Morgan fingerprint density at radius 1 is 0.833 bits per heavy atom. The van der Waals surface area contributed by atoms with E-state index >= 15 is 0 Å². The summed E-state index contributed by atoms with van der Waals surface area (Å²) in [5.74, 6) is 0.442. The molecular weight excluding hydrogens is 319 g/mol. The second-order valence-electron chi connectivity index (χ2n) is 5.90. The number of hydrogen-bond donors (Lipinski definition) is 1. The van der Waals surface area contributed by atoms with Crippen molar-refractivity contribution in [2.45, 2.75) is 19.3 Å². The first-order valence-corrected chi connectivity index (χ1v) is 9.93. The van der Waals surface area contributed by atoms with E-state index in [1.165, 1.54) is 16.3 Å². The molecule has 1 atom stereocenters. The molecule has 0 spiro atoms. The van der Waals surface area contributed by atoms with E-state index < -0.39 is 7.60 Å². The Morgan fingerprint density at radius 2 is 1.54 bits per heavy atom. The summed E-state index contributed by atoms with van der Waals surface area (Å²) in [4.78, 5) is 9.94. The van der Waals surface area contributed by atoms with E-state index in [4.69, 9.17) is 4.52 Å². The Bertz CT molecular complexity index is 846. The summed E-state index contributed by atoms with van der Waals surface area (Å²) in [7, 11) is -3.57. The van der Waals surface area contributed by atoms with Crippen molar-refractivity contribution < 1.29 is 14.0 Å². The van der Waals surface area contributed by atoms with Gasteiger partial charge in [0.05, 0.1) is 6.16 Å². The normalized spacial score (nSPS) is 13.5. The van der Waals surface area contributed by atoms with Gasteiger partial charge < -0.3 is 9.42 Å². The Morgan fingerprint density at radius 3 is 2.33 bits per heavy atom. The zero-order valence-corrected chi connectivity index (χ0v) is 14.4. The number of para-hydroxylation sites is 1. The molecule has 3 aromatic rings. The number of benzene rings is 3. The minimum atomic E-state index is -3.57. The Hall–Kier alpha value is -2.09. The van der Waals surface area contributed by atoms with Crippen LogP contribution < -0.4 is 4.52 Å². The number of hydrogen-bond acceptors (Lipinski definition) is 2. The maximum Gasteiger partial charge on any atom is 0.376 e. The molecule has 0 saturated heterocycles.